The molecule has 0 bridgehead atoms. The molecular weight excluding hydrogens is 280 g/mol. The van der Waals surface area contributed by atoms with E-state index in [-0.39, 0.29) is 9.64 Å². The van der Waals surface area contributed by atoms with Crippen LogP contribution in [-0.2, 0) is 9.84 Å². The summed E-state index contributed by atoms with van der Waals surface area (Å²) in [6.45, 7) is 6.28. The van der Waals surface area contributed by atoms with Crippen molar-refractivity contribution < 1.29 is 8.42 Å². The summed E-state index contributed by atoms with van der Waals surface area (Å²) in [5.74, 6) is 1.06. The fourth-order valence-corrected chi connectivity index (χ4v) is 4.04. The highest BCUT2D eigenvalue weighted by Gasteiger charge is 2.28. The first-order valence-electron chi connectivity index (χ1n) is 6.17. The van der Waals surface area contributed by atoms with Gasteiger partial charge in [-0.15, -0.1) is 0 Å². The predicted octanol–water partition coefficient (Wildman–Crippen LogP) is 2.00. The average Bonchev–Trinajstić information content (AvgIpc) is 2.26. The topological polar surface area (TPSA) is 63.4 Å². The lowest BCUT2D eigenvalue weighted by molar-refractivity contribution is 0.602. The number of rotatable bonds is 2. The highest BCUT2D eigenvalue weighted by atomic mass is 32.2. The molecular formula is C13H20N2O2S2. The van der Waals surface area contributed by atoms with Gasteiger partial charge in [0.2, 0.25) is 0 Å². The second kappa shape index (κ2) is 4.90. The van der Waals surface area contributed by atoms with Crippen LogP contribution in [0.3, 0.4) is 0 Å². The number of hydrogen-bond donors (Lipinski definition) is 1. The molecule has 19 heavy (non-hydrogen) atoms. The highest BCUT2D eigenvalue weighted by Crippen LogP contribution is 2.35. The molecule has 106 valence electrons. The minimum absolute atomic E-state index is 0.195. The first-order chi connectivity index (χ1) is 8.69. The molecule has 1 aromatic rings. The molecule has 0 atom stereocenters. The number of anilines is 2. The van der Waals surface area contributed by atoms with Crippen LogP contribution < -0.4 is 10.6 Å². The van der Waals surface area contributed by atoms with Gasteiger partial charge in [0.05, 0.1) is 16.3 Å². The highest BCUT2D eigenvalue weighted by molar-refractivity contribution is 8.00. The summed E-state index contributed by atoms with van der Waals surface area (Å²) >= 11 is 1.95. The molecule has 0 aromatic heterocycles. The van der Waals surface area contributed by atoms with Crippen molar-refractivity contribution in [3.63, 3.8) is 0 Å². The predicted molar refractivity (Wildman–Crippen MR) is 82.7 cm³/mol. The molecule has 1 fully saturated rings. The van der Waals surface area contributed by atoms with Crippen molar-refractivity contribution in [3.8, 4) is 0 Å². The molecule has 6 heteroatoms. The maximum atomic E-state index is 11.5. The summed E-state index contributed by atoms with van der Waals surface area (Å²) in [5, 5.41) is 0. The van der Waals surface area contributed by atoms with Gasteiger partial charge >= 0.3 is 0 Å². The Bertz CT molecular complexity index is 582. The summed E-state index contributed by atoms with van der Waals surface area (Å²) in [6.07, 6.45) is 1.20. The van der Waals surface area contributed by atoms with Gasteiger partial charge < -0.3 is 10.6 Å². The number of nitrogens with zero attached hydrogens (tertiary/aromatic N) is 1. The SMILES string of the molecule is CC1(C)CN(c2ccc(S(C)(=O)=O)cc2N)CCS1. The van der Waals surface area contributed by atoms with Crippen molar-refractivity contribution in [2.24, 2.45) is 0 Å². The van der Waals surface area contributed by atoms with E-state index in [1.54, 1.807) is 12.1 Å². The van der Waals surface area contributed by atoms with E-state index in [1.165, 1.54) is 6.26 Å². The molecule has 1 heterocycles. The van der Waals surface area contributed by atoms with Gasteiger partial charge in [0.25, 0.3) is 0 Å². The largest absolute Gasteiger partial charge is 0.397 e. The molecule has 0 radical (unpaired) electrons. The van der Waals surface area contributed by atoms with Crippen LogP contribution in [0.25, 0.3) is 0 Å². The van der Waals surface area contributed by atoms with Gasteiger partial charge in [-0.2, -0.15) is 11.8 Å². The van der Waals surface area contributed by atoms with Crippen LogP contribution in [0.2, 0.25) is 0 Å². The molecule has 2 rings (SSSR count). The van der Waals surface area contributed by atoms with E-state index in [0.717, 1.165) is 24.5 Å². The fraction of sp³-hybridized carbons (Fsp3) is 0.538. The second-order valence-electron chi connectivity index (χ2n) is 5.52. The van der Waals surface area contributed by atoms with Crippen LogP contribution in [0.15, 0.2) is 23.1 Å². The lowest BCUT2D eigenvalue weighted by Gasteiger charge is -2.39. The summed E-state index contributed by atoms with van der Waals surface area (Å²) in [5.41, 5.74) is 7.49. The number of thioether (sulfide) groups is 1. The van der Waals surface area contributed by atoms with E-state index in [0.29, 0.717) is 5.69 Å². The minimum atomic E-state index is -3.20. The molecule has 1 aromatic carbocycles. The van der Waals surface area contributed by atoms with Gasteiger partial charge in [0.1, 0.15) is 0 Å². The minimum Gasteiger partial charge on any atom is -0.397 e. The third-order valence-corrected chi connectivity index (χ3v) is 5.60. The van der Waals surface area contributed by atoms with Gasteiger partial charge in [-0.25, -0.2) is 8.42 Å². The zero-order chi connectivity index (χ0) is 14.3. The molecule has 1 aliphatic heterocycles. The Labute approximate surface area is 119 Å². The smallest absolute Gasteiger partial charge is 0.175 e. The summed E-state index contributed by atoms with van der Waals surface area (Å²) < 4.78 is 23.2. The average molecular weight is 300 g/mol. The molecule has 0 aliphatic carbocycles. The normalized spacial score (nSPS) is 19.4. The Morgan fingerprint density at radius 1 is 1.37 bits per heavy atom. The second-order valence-corrected chi connectivity index (χ2v) is 9.34. The van der Waals surface area contributed by atoms with E-state index in [9.17, 15) is 8.42 Å². The summed E-state index contributed by atoms with van der Waals surface area (Å²) in [4.78, 5) is 2.51. The third kappa shape index (κ3) is 3.36. The molecule has 2 N–H and O–H groups in total. The first-order valence-corrected chi connectivity index (χ1v) is 9.05. The third-order valence-electron chi connectivity index (χ3n) is 3.19. The Morgan fingerprint density at radius 2 is 2.05 bits per heavy atom. The van der Waals surface area contributed by atoms with Gasteiger partial charge in [0.15, 0.2) is 9.84 Å². The molecule has 4 nitrogen and oxygen atoms in total. The van der Waals surface area contributed by atoms with Gasteiger partial charge in [-0.3, -0.25) is 0 Å². The lowest BCUT2D eigenvalue weighted by Crippen LogP contribution is -2.43. The Hall–Kier alpha value is -0.880. The zero-order valence-corrected chi connectivity index (χ0v) is 13.1. The van der Waals surface area contributed by atoms with E-state index >= 15 is 0 Å². The zero-order valence-electron chi connectivity index (χ0n) is 11.5. The fourth-order valence-electron chi connectivity index (χ4n) is 2.27. The molecule has 1 saturated heterocycles. The summed E-state index contributed by atoms with van der Waals surface area (Å²) in [7, 11) is -3.20. The van der Waals surface area contributed by atoms with Gasteiger partial charge in [-0.05, 0) is 32.0 Å². The molecule has 0 saturated carbocycles. The maximum absolute atomic E-state index is 11.5. The number of nitrogen functional groups attached to an aromatic ring is 1. The number of nitrogens with two attached hydrogens (primary N) is 1. The van der Waals surface area contributed by atoms with Crippen molar-refractivity contribution in [1.29, 1.82) is 0 Å². The van der Waals surface area contributed by atoms with Crippen LogP contribution in [-0.4, -0.2) is 38.3 Å². The van der Waals surface area contributed by atoms with Crippen molar-refractivity contribution in [1.82, 2.24) is 0 Å². The van der Waals surface area contributed by atoms with Crippen molar-refractivity contribution >= 4 is 33.0 Å². The van der Waals surface area contributed by atoms with Crippen LogP contribution >= 0.6 is 11.8 Å². The Morgan fingerprint density at radius 3 is 2.58 bits per heavy atom. The van der Waals surface area contributed by atoms with E-state index in [1.807, 2.05) is 17.8 Å². The van der Waals surface area contributed by atoms with E-state index in [4.69, 9.17) is 5.73 Å². The van der Waals surface area contributed by atoms with Crippen LogP contribution in [0.1, 0.15) is 13.8 Å². The first kappa shape index (κ1) is 14.5. The van der Waals surface area contributed by atoms with Crippen LogP contribution in [0, 0.1) is 0 Å². The number of hydrogen-bond acceptors (Lipinski definition) is 5. The molecule has 0 unspecified atom stereocenters. The van der Waals surface area contributed by atoms with Gasteiger partial charge in [0, 0.05) is 29.8 Å². The van der Waals surface area contributed by atoms with Crippen molar-refractivity contribution in [2.75, 3.05) is 35.7 Å². The van der Waals surface area contributed by atoms with Crippen LogP contribution in [0.4, 0.5) is 11.4 Å². The van der Waals surface area contributed by atoms with Crippen molar-refractivity contribution in [2.45, 2.75) is 23.5 Å². The summed E-state index contributed by atoms with van der Waals surface area (Å²) in [6, 6.07) is 5.01. The van der Waals surface area contributed by atoms with Crippen LogP contribution in [0.5, 0.6) is 0 Å². The van der Waals surface area contributed by atoms with Gasteiger partial charge in [-0.1, -0.05) is 0 Å². The standard InChI is InChI=1S/C13H20N2O2S2/c1-13(2)9-15(6-7-18-13)12-5-4-10(8-11(12)14)19(3,16)17/h4-5,8H,6-7,9,14H2,1-3H3. The lowest BCUT2D eigenvalue weighted by atomic mass is 10.1. The molecule has 1 aliphatic rings. The molecule has 0 amide bonds. The quantitative estimate of drug-likeness (QED) is 0.846. The number of benzene rings is 1. The maximum Gasteiger partial charge on any atom is 0.175 e. The number of sulfone groups is 1. The van der Waals surface area contributed by atoms with E-state index < -0.39 is 9.84 Å². The molecule has 0 spiro atoms. The monoisotopic (exact) mass is 300 g/mol. The van der Waals surface area contributed by atoms with E-state index in [2.05, 4.69) is 18.7 Å². The Kier molecular flexibility index (Phi) is 3.75. The Balaban J connectivity index is 2.31. The van der Waals surface area contributed by atoms with Crippen molar-refractivity contribution in [3.05, 3.63) is 18.2 Å².